The van der Waals surface area contributed by atoms with Gasteiger partial charge in [0, 0.05) is 29.8 Å². The molecule has 0 bridgehead atoms. The number of nitrogens with one attached hydrogen (secondary N) is 1. The number of fused-ring (bicyclic) bond motifs is 1. The van der Waals surface area contributed by atoms with E-state index in [1.807, 2.05) is 6.92 Å². The predicted molar refractivity (Wildman–Crippen MR) is 121 cm³/mol. The van der Waals surface area contributed by atoms with Crippen LogP contribution in [0.25, 0.3) is 22.4 Å². The number of hydrogen-bond acceptors (Lipinski definition) is 8. The van der Waals surface area contributed by atoms with Crippen molar-refractivity contribution in [1.82, 2.24) is 15.3 Å². The summed E-state index contributed by atoms with van der Waals surface area (Å²) in [6, 6.07) is 4.39. The van der Waals surface area contributed by atoms with E-state index in [0.29, 0.717) is 30.4 Å². The van der Waals surface area contributed by atoms with Gasteiger partial charge in [0.1, 0.15) is 23.6 Å². The fourth-order valence-corrected chi connectivity index (χ4v) is 3.71. The van der Waals surface area contributed by atoms with Crippen LogP contribution >= 0.6 is 0 Å². The first-order valence-corrected chi connectivity index (χ1v) is 10.9. The van der Waals surface area contributed by atoms with Crippen molar-refractivity contribution in [3.05, 3.63) is 41.4 Å². The number of oxazole rings is 1. The molecule has 35 heavy (non-hydrogen) atoms. The number of ether oxygens (including phenoxy) is 1. The lowest BCUT2D eigenvalue weighted by atomic mass is 9.90. The first kappa shape index (κ1) is 24.5. The van der Waals surface area contributed by atoms with Crippen molar-refractivity contribution >= 4 is 22.5 Å². The summed E-state index contributed by atoms with van der Waals surface area (Å²) < 4.78 is 50.7. The van der Waals surface area contributed by atoms with E-state index in [9.17, 15) is 18.0 Å². The monoisotopic (exact) mass is 491 g/mol. The van der Waals surface area contributed by atoms with Gasteiger partial charge < -0.3 is 25.0 Å². The second-order valence-electron chi connectivity index (χ2n) is 8.08. The number of nitrogens with zero attached hydrogens (tertiary/aromatic N) is 3. The Balaban J connectivity index is 1.69. The highest BCUT2D eigenvalue weighted by Crippen LogP contribution is 2.37. The van der Waals surface area contributed by atoms with Gasteiger partial charge in [-0.05, 0) is 38.1 Å². The molecule has 1 fully saturated rings. The van der Waals surface area contributed by atoms with Crippen molar-refractivity contribution in [2.45, 2.75) is 44.9 Å². The number of aromatic nitrogens is 2. The molecule has 0 saturated heterocycles. The maximum atomic E-state index is 13.2. The van der Waals surface area contributed by atoms with E-state index in [1.54, 1.807) is 13.0 Å². The highest BCUT2D eigenvalue weighted by Gasteiger charge is 2.34. The molecule has 186 valence electrons. The Bertz CT molecular complexity index is 1280. The minimum Gasteiger partial charge on any atom is -0.494 e. The van der Waals surface area contributed by atoms with Gasteiger partial charge in [-0.25, -0.2) is 9.97 Å². The van der Waals surface area contributed by atoms with Gasteiger partial charge in [-0.3, -0.25) is 4.79 Å². The lowest BCUT2D eigenvalue weighted by Gasteiger charge is -2.27. The minimum atomic E-state index is -4.62. The van der Waals surface area contributed by atoms with Crippen LogP contribution in [0.1, 0.15) is 54.7 Å². The number of methoxy groups -OCH3 is 1. The molecule has 1 aromatic carbocycles. The highest BCUT2D eigenvalue weighted by molar-refractivity contribution is 5.99. The summed E-state index contributed by atoms with van der Waals surface area (Å²) in [6.07, 6.45) is -3.51. The number of benzene rings is 1. The van der Waals surface area contributed by atoms with E-state index in [1.165, 1.54) is 19.2 Å². The third-order valence-electron chi connectivity index (χ3n) is 5.46. The number of oxime groups is 1. The van der Waals surface area contributed by atoms with Crippen LogP contribution in [0.2, 0.25) is 0 Å². The first-order valence-electron chi connectivity index (χ1n) is 10.9. The molecule has 12 heteroatoms. The maximum Gasteiger partial charge on any atom is 0.433 e. The molecular formula is C23H24F3N5O4. The molecule has 1 amide bonds. The standard InChI is InChI=1S/C23H24F3N5O4/c1-4-34-31-13-9-12(10-13)28-21(32)19-20(11(2)27)35-22(30-19)15-5-7-16(33-3)18-14(15)6-8-17(29-18)23(24,25)26/h5-8,11-12H,4,9-10,27H2,1-3H3,(H,28,32)/t11-,12?/m0/s1. The van der Waals surface area contributed by atoms with Crippen LogP contribution in [0.4, 0.5) is 13.2 Å². The molecule has 4 rings (SSSR count). The molecular weight excluding hydrogens is 467 g/mol. The van der Waals surface area contributed by atoms with Crippen LogP contribution in [0.3, 0.4) is 0 Å². The Morgan fingerprint density at radius 1 is 1.29 bits per heavy atom. The number of alkyl halides is 3. The molecule has 0 spiro atoms. The quantitative estimate of drug-likeness (QED) is 0.474. The Morgan fingerprint density at radius 2 is 2.03 bits per heavy atom. The lowest BCUT2D eigenvalue weighted by molar-refractivity contribution is -0.140. The number of hydrogen-bond donors (Lipinski definition) is 2. The molecule has 0 aliphatic heterocycles. The number of halogens is 3. The maximum absolute atomic E-state index is 13.2. The number of carbonyl (C=O) groups excluding carboxylic acids is 1. The summed E-state index contributed by atoms with van der Waals surface area (Å²) in [4.78, 5) is 26.0. The smallest absolute Gasteiger partial charge is 0.433 e. The molecule has 0 radical (unpaired) electrons. The summed E-state index contributed by atoms with van der Waals surface area (Å²) in [5, 5.41) is 7.14. The SMILES string of the molecule is CCON=C1CC(NC(=O)c2nc(-c3ccc(OC)c4nc(C(F)(F)F)ccc34)oc2[C@H](C)N)C1. The third-order valence-corrected chi connectivity index (χ3v) is 5.46. The zero-order valence-corrected chi connectivity index (χ0v) is 19.3. The Hall–Kier alpha value is -3.67. The van der Waals surface area contributed by atoms with Crippen LogP contribution < -0.4 is 15.8 Å². The molecule has 0 unspecified atom stereocenters. The summed E-state index contributed by atoms with van der Waals surface area (Å²) in [7, 11) is 1.34. The van der Waals surface area contributed by atoms with Gasteiger partial charge in [-0.2, -0.15) is 13.2 Å². The topological polar surface area (TPSA) is 125 Å². The van der Waals surface area contributed by atoms with Crippen molar-refractivity contribution in [1.29, 1.82) is 0 Å². The average Bonchev–Trinajstić information content (AvgIpc) is 3.24. The van der Waals surface area contributed by atoms with E-state index in [0.717, 1.165) is 11.8 Å². The fourth-order valence-electron chi connectivity index (χ4n) is 3.71. The number of pyridine rings is 1. The molecule has 1 aliphatic carbocycles. The van der Waals surface area contributed by atoms with Crippen LogP contribution in [0.15, 0.2) is 33.8 Å². The van der Waals surface area contributed by atoms with E-state index in [4.69, 9.17) is 19.7 Å². The molecule has 2 heterocycles. The molecule has 2 aromatic heterocycles. The van der Waals surface area contributed by atoms with Gasteiger partial charge >= 0.3 is 6.18 Å². The van der Waals surface area contributed by atoms with Crippen LogP contribution in [-0.2, 0) is 11.0 Å². The van der Waals surface area contributed by atoms with E-state index >= 15 is 0 Å². The van der Waals surface area contributed by atoms with Crippen molar-refractivity contribution in [2.24, 2.45) is 10.9 Å². The Morgan fingerprint density at radius 3 is 2.66 bits per heavy atom. The summed E-state index contributed by atoms with van der Waals surface area (Å²) in [5.41, 5.74) is 6.15. The zero-order valence-electron chi connectivity index (χ0n) is 19.3. The van der Waals surface area contributed by atoms with Gasteiger partial charge in [-0.15, -0.1) is 0 Å². The molecule has 3 N–H and O–H groups in total. The number of amides is 1. The largest absolute Gasteiger partial charge is 0.494 e. The minimum absolute atomic E-state index is 0.00837. The first-order chi connectivity index (χ1) is 16.6. The lowest BCUT2D eigenvalue weighted by Crippen LogP contribution is -2.45. The second-order valence-corrected chi connectivity index (χ2v) is 8.08. The third kappa shape index (κ3) is 4.92. The summed E-state index contributed by atoms with van der Waals surface area (Å²) in [6.45, 7) is 3.94. The van der Waals surface area contributed by atoms with Gasteiger partial charge in [0.15, 0.2) is 11.5 Å². The van der Waals surface area contributed by atoms with Crippen LogP contribution in [-0.4, -0.2) is 41.3 Å². The predicted octanol–water partition coefficient (Wildman–Crippen LogP) is 4.22. The molecule has 1 atom stereocenters. The zero-order chi connectivity index (χ0) is 25.3. The van der Waals surface area contributed by atoms with Gasteiger partial charge in [0.2, 0.25) is 5.89 Å². The van der Waals surface area contributed by atoms with Gasteiger partial charge in [0.05, 0.1) is 18.9 Å². The fraction of sp³-hybridized carbons (Fsp3) is 0.391. The van der Waals surface area contributed by atoms with E-state index in [-0.39, 0.29) is 34.7 Å². The molecule has 1 saturated carbocycles. The number of rotatable bonds is 7. The van der Waals surface area contributed by atoms with Crippen molar-refractivity contribution in [3.8, 4) is 17.2 Å². The van der Waals surface area contributed by atoms with E-state index < -0.39 is 23.8 Å². The average molecular weight is 491 g/mol. The van der Waals surface area contributed by atoms with E-state index in [2.05, 4.69) is 20.4 Å². The number of carbonyl (C=O) groups is 1. The molecule has 3 aromatic rings. The van der Waals surface area contributed by atoms with Crippen molar-refractivity contribution < 1.29 is 32.0 Å². The Labute approximate surface area is 198 Å². The van der Waals surface area contributed by atoms with Crippen LogP contribution in [0.5, 0.6) is 5.75 Å². The van der Waals surface area contributed by atoms with Crippen LogP contribution in [0, 0.1) is 0 Å². The Kier molecular flexibility index (Phi) is 6.66. The van der Waals surface area contributed by atoms with Gasteiger partial charge in [0.25, 0.3) is 5.91 Å². The summed E-state index contributed by atoms with van der Waals surface area (Å²) in [5.74, 6) is -0.128. The normalized spacial score (nSPS) is 16.5. The number of nitrogens with two attached hydrogens (primary N) is 1. The van der Waals surface area contributed by atoms with Crippen molar-refractivity contribution in [3.63, 3.8) is 0 Å². The van der Waals surface area contributed by atoms with Crippen molar-refractivity contribution in [2.75, 3.05) is 13.7 Å². The summed E-state index contributed by atoms with van der Waals surface area (Å²) >= 11 is 0. The molecule has 1 aliphatic rings. The highest BCUT2D eigenvalue weighted by atomic mass is 19.4. The molecule has 9 nitrogen and oxygen atoms in total. The van der Waals surface area contributed by atoms with Gasteiger partial charge in [-0.1, -0.05) is 5.16 Å². The second kappa shape index (κ2) is 9.53.